The Labute approximate surface area is 124 Å². The van der Waals surface area contributed by atoms with Crippen molar-refractivity contribution in [3.05, 3.63) is 65.7 Å². The van der Waals surface area contributed by atoms with Gasteiger partial charge >= 0.3 is 0 Å². The number of sulfonamides is 1. The van der Waals surface area contributed by atoms with Gasteiger partial charge in [0, 0.05) is 13.2 Å². The van der Waals surface area contributed by atoms with Gasteiger partial charge in [-0.2, -0.15) is 4.31 Å². The molecule has 0 fully saturated rings. The van der Waals surface area contributed by atoms with Crippen molar-refractivity contribution in [2.75, 3.05) is 6.61 Å². The molecule has 0 saturated carbocycles. The Morgan fingerprint density at radius 1 is 1.00 bits per heavy atom. The van der Waals surface area contributed by atoms with E-state index >= 15 is 0 Å². The number of benzene rings is 2. The predicted octanol–water partition coefficient (Wildman–Crippen LogP) is 2.31. The third kappa shape index (κ3) is 2.48. The van der Waals surface area contributed by atoms with Crippen LogP contribution in [0.25, 0.3) is 0 Å². The number of aliphatic hydroxyl groups is 1. The molecule has 21 heavy (non-hydrogen) atoms. The summed E-state index contributed by atoms with van der Waals surface area (Å²) in [5.41, 5.74) is 1.72. The maximum absolute atomic E-state index is 12.7. The van der Waals surface area contributed by atoms with Crippen molar-refractivity contribution in [2.24, 2.45) is 0 Å². The quantitative estimate of drug-likeness (QED) is 0.943. The molecule has 1 aliphatic rings. The van der Waals surface area contributed by atoms with Crippen LogP contribution in [-0.2, 0) is 16.6 Å². The van der Waals surface area contributed by atoms with Crippen LogP contribution in [0, 0.1) is 0 Å². The molecule has 2 aromatic rings. The molecule has 0 saturated heterocycles. The lowest BCUT2D eigenvalue weighted by Gasteiger charge is -2.23. The average Bonchev–Trinajstić information content (AvgIpc) is 2.71. The molecule has 0 unspecified atom stereocenters. The largest absolute Gasteiger partial charge is 0.396 e. The lowest BCUT2D eigenvalue weighted by Crippen LogP contribution is -2.28. The van der Waals surface area contributed by atoms with Crippen LogP contribution in [0.2, 0.25) is 0 Å². The molecule has 0 radical (unpaired) electrons. The Kier molecular flexibility index (Phi) is 3.80. The van der Waals surface area contributed by atoms with Crippen LogP contribution in [0.1, 0.15) is 23.6 Å². The molecular weight excluding hydrogens is 286 g/mol. The molecule has 1 heterocycles. The summed E-state index contributed by atoms with van der Waals surface area (Å²) in [6.07, 6.45) is 0.406. The zero-order valence-corrected chi connectivity index (χ0v) is 12.3. The van der Waals surface area contributed by atoms with Gasteiger partial charge in [0.2, 0.25) is 10.0 Å². The molecule has 0 amide bonds. The fraction of sp³-hybridized carbons (Fsp3) is 0.250. The summed E-state index contributed by atoms with van der Waals surface area (Å²) in [6, 6.07) is 16.3. The Morgan fingerprint density at radius 3 is 2.38 bits per heavy atom. The minimum Gasteiger partial charge on any atom is -0.396 e. The molecule has 4 nitrogen and oxygen atoms in total. The highest BCUT2D eigenvalue weighted by Gasteiger charge is 2.41. The van der Waals surface area contributed by atoms with Crippen molar-refractivity contribution in [3.63, 3.8) is 0 Å². The number of hydrogen-bond acceptors (Lipinski definition) is 3. The number of fused-ring (bicyclic) bond motifs is 1. The highest BCUT2D eigenvalue weighted by atomic mass is 32.2. The molecule has 0 bridgehead atoms. The van der Waals surface area contributed by atoms with Crippen molar-refractivity contribution in [1.29, 1.82) is 0 Å². The standard InChI is InChI=1S/C16H17NO3S/c18-11-10-15-14-8-4-5-9-16(14)21(19,20)17(15)12-13-6-2-1-3-7-13/h1-9,15,18H,10-12H2/t15-/m0/s1. The van der Waals surface area contributed by atoms with Gasteiger partial charge in [0.05, 0.1) is 10.9 Å². The normalized spacial score (nSPS) is 20.3. The first-order valence-electron chi connectivity index (χ1n) is 6.90. The van der Waals surface area contributed by atoms with Crippen molar-refractivity contribution in [2.45, 2.75) is 23.9 Å². The van der Waals surface area contributed by atoms with Crippen molar-refractivity contribution in [1.82, 2.24) is 4.31 Å². The van der Waals surface area contributed by atoms with E-state index in [1.54, 1.807) is 12.1 Å². The first kappa shape index (κ1) is 14.3. The molecule has 110 valence electrons. The number of nitrogens with zero attached hydrogens (tertiary/aromatic N) is 1. The van der Waals surface area contributed by atoms with Gasteiger partial charge in [-0.15, -0.1) is 0 Å². The van der Waals surface area contributed by atoms with E-state index in [1.165, 1.54) is 4.31 Å². The summed E-state index contributed by atoms with van der Waals surface area (Å²) in [7, 11) is -3.49. The van der Waals surface area contributed by atoms with Crippen molar-refractivity contribution < 1.29 is 13.5 Å². The lowest BCUT2D eigenvalue weighted by molar-refractivity contribution is 0.229. The maximum Gasteiger partial charge on any atom is 0.244 e. The van der Waals surface area contributed by atoms with Crippen LogP contribution < -0.4 is 0 Å². The zero-order valence-electron chi connectivity index (χ0n) is 11.5. The van der Waals surface area contributed by atoms with Gasteiger partial charge in [-0.3, -0.25) is 0 Å². The second-order valence-corrected chi connectivity index (χ2v) is 6.96. The molecule has 5 heteroatoms. The van der Waals surface area contributed by atoms with Crippen LogP contribution in [0.15, 0.2) is 59.5 Å². The zero-order chi connectivity index (χ0) is 14.9. The summed E-state index contributed by atoms with van der Waals surface area (Å²) in [4.78, 5) is 0.361. The molecule has 1 N–H and O–H groups in total. The van der Waals surface area contributed by atoms with Gasteiger partial charge in [0.1, 0.15) is 0 Å². The minimum absolute atomic E-state index is 0.0419. The fourth-order valence-corrected chi connectivity index (χ4v) is 4.70. The van der Waals surface area contributed by atoms with Crippen molar-refractivity contribution >= 4 is 10.0 Å². The van der Waals surface area contributed by atoms with E-state index in [4.69, 9.17) is 0 Å². The maximum atomic E-state index is 12.7. The summed E-state index contributed by atoms with van der Waals surface area (Å²) >= 11 is 0. The van der Waals surface area contributed by atoms with Crippen molar-refractivity contribution in [3.8, 4) is 0 Å². The first-order valence-corrected chi connectivity index (χ1v) is 8.34. The summed E-state index contributed by atoms with van der Waals surface area (Å²) in [5.74, 6) is 0. The molecule has 2 aromatic carbocycles. The van der Waals surface area contributed by atoms with E-state index in [0.717, 1.165) is 11.1 Å². The third-order valence-electron chi connectivity index (χ3n) is 3.80. The van der Waals surface area contributed by atoms with Crippen LogP contribution in [-0.4, -0.2) is 24.4 Å². The summed E-state index contributed by atoms with van der Waals surface area (Å²) in [5, 5.41) is 9.28. The second-order valence-electron chi connectivity index (χ2n) is 5.10. The smallest absolute Gasteiger partial charge is 0.244 e. The summed E-state index contributed by atoms with van der Waals surface area (Å²) < 4.78 is 26.9. The van der Waals surface area contributed by atoms with Gasteiger partial charge in [0.25, 0.3) is 0 Å². The van der Waals surface area contributed by atoms with Crippen LogP contribution in [0.3, 0.4) is 0 Å². The molecule has 1 aliphatic heterocycles. The molecule has 1 atom stereocenters. The van der Waals surface area contributed by atoms with E-state index in [2.05, 4.69) is 0 Å². The van der Waals surface area contributed by atoms with E-state index in [1.807, 2.05) is 42.5 Å². The molecule has 0 aromatic heterocycles. The van der Waals surface area contributed by atoms with Gasteiger partial charge in [-0.1, -0.05) is 48.5 Å². The van der Waals surface area contributed by atoms with E-state index in [0.29, 0.717) is 17.9 Å². The van der Waals surface area contributed by atoms with E-state index in [-0.39, 0.29) is 12.6 Å². The van der Waals surface area contributed by atoms with Gasteiger partial charge in [-0.25, -0.2) is 8.42 Å². The lowest BCUT2D eigenvalue weighted by atomic mass is 10.0. The SMILES string of the molecule is O=S1(=O)c2ccccc2[C@H](CCO)N1Cc1ccccc1. The molecule has 0 spiro atoms. The number of rotatable bonds is 4. The van der Waals surface area contributed by atoms with E-state index < -0.39 is 10.0 Å². The first-order chi connectivity index (χ1) is 10.1. The number of hydrogen-bond donors (Lipinski definition) is 1. The summed E-state index contributed by atoms with van der Waals surface area (Å²) in [6.45, 7) is 0.280. The highest BCUT2D eigenvalue weighted by molar-refractivity contribution is 7.89. The molecule has 3 rings (SSSR count). The Balaban J connectivity index is 2.03. The van der Waals surface area contributed by atoms with Crippen LogP contribution in [0.4, 0.5) is 0 Å². The number of aliphatic hydroxyl groups excluding tert-OH is 1. The highest BCUT2D eigenvalue weighted by Crippen LogP contribution is 2.41. The molecule has 0 aliphatic carbocycles. The molecular formula is C16H17NO3S. The minimum atomic E-state index is -3.49. The third-order valence-corrected chi connectivity index (χ3v) is 5.72. The van der Waals surface area contributed by atoms with Gasteiger partial charge in [0.15, 0.2) is 0 Å². The van der Waals surface area contributed by atoms with Gasteiger partial charge < -0.3 is 5.11 Å². The van der Waals surface area contributed by atoms with E-state index in [9.17, 15) is 13.5 Å². The predicted molar refractivity (Wildman–Crippen MR) is 80.1 cm³/mol. The Bertz CT molecular complexity index is 728. The van der Waals surface area contributed by atoms with Gasteiger partial charge in [-0.05, 0) is 23.6 Å². The topological polar surface area (TPSA) is 57.6 Å². The van der Waals surface area contributed by atoms with Crippen LogP contribution >= 0.6 is 0 Å². The Hall–Kier alpha value is -1.69. The van der Waals surface area contributed by atoms with Crippen LogP contribution in [0.5, 0.6) is 0 Å². The fourth-order valence-electron chi connectivity index (χ4n) is 2.82. The average molecular weight is 303 g/mol. The Morgan fingerprint density at radius 2 is 1.67 bits per heavy atom. The monoisotopic (exact) mass is 303 g/mol. The second kappa shape index (κ2) is 5.60.